The lowest BCUT2D eigenvalue weighted by Crippen LogP contribution is -2.34. The molecule has 2 heterocycles. The van der Waals surface area contributed by atoms with Gasteiger partial charge in [0.2, 0.25) is 0 Å². The zero-order valence-corrected chi connectivity index (χ0v) is 11.5. The molecule has 0 bridgehead atoms. The standard InChI is InChI=1S/C15H24N2O/c1-3-6-17-15(13-5-4-7-18-11-13)14-8-12(2)9-16-10-14/h8-10,13,15,17H,3-7,11H2,1-2H3. The van der Waals surface area contributed by atoms with Crippen LogP contribution in [0, 0.1) is 12.8 Å². The molecule has 18 heavy (non-hydrogen) atoms. The Morgan fingerprint density at radius 1 is 1.50 bits per heavy atom. The highest BCUT2D eigenvalue weighted by Gasteiger charge is 2.25. The molecular weight excluding hydrogens is 224 g/mol. The molecule has 100 valence electrons. The summed E-state index contributed by atoms with van der Waals surface area (Å²) in [7, 11) is 0. The molecule has 3 heteroatoms. The van der Waals surface area contributed by atoms with Crippen LogP contribution in [0.15, 0.2) is 18.5 Å². The van der Waals surface area contributed by atoms with Gasteiger partial charge in [0.05, 0.1) is 6.61 Å². The molecule has 1 aliphatic rings. The first-order valence-electron chi connectivity index (χ1n) is 7.04. The van der Waals surface area contributed by atoms with Crippen molar-refractivity contribution in [2.24, 2.45) is 5.92 Å². The molecule has 1 N–H and O–H groups in total. The van der Waals surface area contributed by atoms with Gasteiger partial charge in [0, 0.05) is 31.0 Å². The van der Waals surface area contributed by atoms with Gasteiger partial charge < -0.3 is 10.1 Å². The minimum atomic E-state index is 0.387. The third-order valence-electron chi connectivity index (χ3n) is 3.54. The van der Waals surface area contributed by atoms with Crippen molar-refractivity contribution in [2.75, 3.05) is 19.8 Å². The number of aromatic nitrogens is 1. The molecule has 0 amide bonds. The lowest BCUT2D eigenvalue weighted by molar-refractivity contribution is 0.0390. The molecule has 0 saturated carbocycles. The third kappa shape index (κ3) is 3.53. The second kappa shape index (κ2) is 6.86. The molecule has 2 atom stereocenters. The van der Waals surface area contributed by atoms with E-state index in [1.165, 1.54) is 24.0 Å². The second-order valence-corrected chi connectivity index (χ2v) is 5.20. The van der Waals surface area contributed by atoms with Crippen molar-refractivity contribution in [3.63, 3.8) is 0 Å². The summed E-state index contributed by atoms with van der Waals surface area (Å²) in [4.78, 5) is 4.33. The van der Waals surface area contributed by atoms with Gasteiger partial charge in [0.25, 0.3) is 0 Å². The predicted octanol–water partition coefficient (Wildman–Crippen LogP) is 2.86. The topological polar surface area (TPSA) is 34.2 Å². The van der Waals surface area contributed by atoms with Crippen molar-refractivity contribution in [1.29, 1.82) is 0 Å². The van der Waals surface area contributed by atoms with E-state index in [9.17, 15) is 0 Å². The first kappa shape index (κ1) is 13.5. The largest absolute Gasteiger partial charge is 0.381 e. The fourth-order valence-corrected chi connectivity index (χ4v) is 2.63. The van der Waals surface area contributed by atoms with Gasteiger partial charge in [-0.15, -0.1) is 0 Å². The number of nitrogens with one attached hydrogen (secondary N) is 1. The molecule has 1 saturated heterocycles. The summed E-state index contributed by atoms with van der Waals surface area (Å²) in [5, 5.41) is 3.66. The monoisotopic (exact) mass is 248 g/mol. The Bertz CT molecular complexity index is 361. The Kier molecular flexibility index (Phi) is 5.14. The number of aryl methyl sites for hydroxylation is 1. The lowest BCUT2D eigenvalue weighted by Gasteiger charge is -2.31. The maximum absolute atomic E-state index is 5.63. The lowest BCUT2D eigenvalue weighted by atomic mass is 9.89. The van der Waals surface area contributed by atoms with E-state index in [0.717, 1.165) is 26.2 Å². The van der Waals surface area contributed by atoms with Crippen LogP contribution in [0.2, 0.25) is 0 Å². The minimum Gasteiger partial charge on any atom is -0.381 e. The van der Waals surface area contributed by atoms with E-state index in [4.69, 9.17) is 4.74 Å². The molecule has 2 rings (SSSR count). The van der Waals surface area contributed by atoms with Crippen LogP contribution in [0.1, 0.15) is 43.4 Å². The van der Waals surface area contributed by atoms with Crippen molar-refractivity contribution in [2.45, 2.75) is 39.2 Å². The Morgan fingerprint density at radius 3 is 3.06 bits per heavy atom. The zero-order chi connectivity index (χ0) is 12.8. The predicted molar refractivity (Wildman–Crippen MR) is 73.6 cm³/mol. The van der Waals surface area contributed by atoms with E-state index in [2.05, 4.69) is 30.2 Å². The highest BCUT2D eigenvalue weighted by Crippen LogP contribution is 2.28. The number of pyridine rings is 1. The van der Waals surface area contributed by atoms with E-state index in [0.29, 0.717) is 12.0 Å². The summed E-state index contributed by atoms with van der Waals surface area (Å²) < 4.78 is 5.63. The number of nitrogens with zero attached hydrogens (tertiary/aromatic N) is 1. The van der Waals surface area contributed by atoms with Gasteiger partial charge in [-0.25, -0.2) is 0 Å². The maximum Gasteiger partial charge on any atom is 0.0512 e. The summed E-state index contributed by atoms with van der Waals surface area (Å²) in [6, 6.07) is 2.63. The molecule has 2 unspecified atom stereocenters. The third-order valence-corrected chi connectivity index (χ3v) is 3.54. The van der Waals surface area contributed by atoms with Gasteiger partial charge in [-0.05, 0) is 43.9 Å². The van der Waals surface area contributed by atoms with Gasteiger partial charge in [-0.2, -0.15) is 0 Å². The van der Waals surface area contributed by atoms with Gasteiger partial charge >= 0.3 is 0 Å². The quantitative estimate of drug-likeness (QED) is 0.870. The smallest absolute Gasteiger partial charge is 0.0512 e. The SMILES string of the molecule is CCCNC(c1cncc(C)c1)C1CCCOC1. The van der Waals surface area contributed by atoms with Crippen molar-refractivity contribution in [3.8, 4) is 0 Å². The molecule has 1 aromatic heterocycles. The second-order valence-electron chi connectivity index (χ2n) is 5.20. The van der Waals surface area contributed by atoms with E-state index in [-0.39, 0.29) is 0 Å². The molecule has 1 aliphatic heterocycles. The number of ether oxygens (including phenoxy) is 1. The van der Waals surface area contributed by atoms with E-state index >= 15 is 0 Å². The number of hydrogen-bond acceptors (Lipinski definition) is 3. The Hall–Kier alpha value is -0.930. The van der Waals surface area contributed by atoms with Crippen LogP contribution in [-0.2, 0) is 4.74 Å². The zero-order valence-electron chi connectivity index (χ0n) is 11.5. The summed E-state index contributed by atoms with van der Waals surface area (Å²) in [5.41, 5.74) is 2.53. The summed E-state index contributed by atoms with van der Waals surface area (Å²) in [6.45, 7) is 7.15. The van der Waals surface area contributed by atoms with Crippen LogP contribution in [0.5, 0.6) is 0 Å². The first-order chi connectivity index (χ1) is 8.81. The van der Waals surface area contributed by atoms with Crippen LogP contribution in [0.25, 0.3) is 0 Å². The minimum absolute atomic E-state index is 0.387. The summed E-state index contributed by atoms with van der Waals surface area (Å²) in [6.07, 6.45) is 7.49. The Morgan fingerprint density at radius 2 is 2.39 bits per heavy atom. The highest BCUT2D eigenvalue weighted by atomic mass is 16.5. The fourth-order valence-electron chi connectivity index (χ4n) is 2.63. The summed E-state index contributed by atoms with van der Waals surface area (Å²) in [5.74, 6) is 0.578. The van der Waals surface area contributed by atoms with Crippen LogP contribution in [0.4, 0.5) is 0 Å². The maximum atomic E-state index is 5.63. The van der Waals surface area contributed by atoms with Crippen molar-refractivity contribution >= 4 is 0 Å². The van der Waals surface area contributed by atoms with Crippen molar-refractivity contribution in [1.82, 2.24) is 10.3 Å². The molecule has 0 aliphatic carbocycles. The van der Waals surface area contributed by atoms with E-state index in [1.807, 2.05) is 12.4 Å². The van der Waals surface area contributed by atoms with Crippen molar-refractivity contribution < 1.29 is 4.74 Å². The molecule has 1 fully saturated rings. The normalized spacial score (nSPS) is 21.8. The van der Waals surface area contributed by atoms with Crippen molar-refractivity contribution in [3.05, 3.63) is 29.6 Å². The fraction of sp³-hybridized carbons (Fsp3) is 0.667. The van der Waals surface area contributed by atoms with Crippen LogP contribution in [0.3, 0.4) is 0 Å². The van der Waals surface area contributed by atoms with Gasteiger partial charge in [0.15, 0.2) is 0 Å². The Balaban J connectivity index is 2.12. The molecule has 1 aromatic rings. The first-order valence-corrected chi connectivity index (χ1v) is 7.04. The molecule has 0 radical (unpaired) electrons. The van der Waals surface area contributed by atoms with Crippen LogP contribution >= 0.6 is 0 Å². The molecule has 0 aromatic carbocycles. The average molecular weight is 248 g/mol. The average Bonchev–Trinajstić information content (AvgIpc) is 2.40. The molecule has 0 spiro atoms. The van der Waals surface area contributed by atoms with Gasteiger partial charge in [-0.1, -0.05) is 13.0 Å². The number of rotatable bonds is 5. The van der Waals surface area contributed by atoms with Gasteiger partial charge in [0.1, 0.15) is 0 Å². The van der Waals surface area contributed by atoms with Crippen LogP contribution < -0.4 is 5.32 Å². The Labute approximate surface area is 110 Å². The molecule has 3 nitrogen and oxygen atoms in total. The highest BCUT2D eigenvalue weighted by molar-refractivity contribution is 5.21. The number of hydrogen-bond donors (Lipinski definition) is 1. The van der Waals surface area contributed by atoms with E-state index in [1.54, 1.807) is 0 Å². The van der Waals surface area contributed by atoms with E-state index < -0.39 is 0 Å². The van der Waals surface area contributed by atoms with Gasteiger partial charge in [-0.3, -0.25) is 4.98 Å². The molecular formula is C15H24N2O. The summed E-state index contributed by atoms with van der Waals surface area (Å²) >= 11 is 0. The van der Waals surface area contributed by atoms with Crippen LogP contribution in [-0.4, -0.2) is 24.7 Å².